The second-order valence-corrected chi connectivity index (χ2v) is 6.05. The third-order valence-corrected chi connectivity index (χ3v) is 4.10. The fraction of sp³-hybridized carbons (Fsp3) is 0.400. The molecular formula is C15H17FO3S. The minimum Gasteiger partial charge on any atom is -0.493 e. The van der Waals surface area contributed by atoms with E-state index in [2.05, 4.69) is 0 Å². The Bertz CT molecular complexity index is 646. The van der Waals surface area contributed by atoms with Crippen LogP contribution >= 0.6 is 11.3 Å². The Balaban J connectivity index is 2.54. The minimum absolute atomic E-state index is 0.0403. The number of ether oxygens (including phenoxy) is 2. The summed E-state index contributed by atoms with van der Waals surface area (Å²) in [5.74, 6) is 0.240. The van der Waals surface area contributed by atoms with Crippen LogP contribution in [-0.2, 0) is 0 Å². The predicted molar refractivity (Wildman–Crippen MR) is 78.7 cm³/mol. The van der Waals surface area contributed by atoms with Crippen LogP contribution in [0.4, 0.5) is 4.39 Å². The maximum atomic E-state index is 14.3. The highest BCUT2D eigenvalue weighted by atomic mass is 32.1. The predicted octanol–water partition coefficient (Wildman–Crippen LogP) is 4.29. The standard InChI is InChI=1S/C15H17FO3S/c1-8(2)5-10(17)13-6-9-12(20-13)7-11(18-3)15(19-4)14(9)16/h6-8H,5H2,1-4H3. The first-order valence-electron chi connectivity index (χ1n) is 6.35. The third-order valence-electron chi connectivity index (χ3n) is 2.98. The van der Waals surface area contributed by atoms with Gasteiger partial charge >= 0.3 is 0 Å². The Morgan fingerprint density at radius 3 is 2.55 bits per heavy atom. The lowest BCUT2D eigenvalue weighted by atomic mass is 10.1. The molecule has 0 atom stereocenters. The van der Waals surface area contributed by atoms with Gasteiger partial charge in [0.1, 0.15) is 0 Å². The van der Waals surface area contributed by atoms with E-state index in [9.17, 15) is 9.18 Å². The van der Waals surface area contributed by atoms with E-state index in [0.717, 1.165) is 0 Å². The zero-order valence-corrected chi connectivity index (χ0v) is 12.8. The number of fused-ring (bicyclic) bond motifs is 1. The normalized spacial score (nSPS) is 11.1. The topological polar surface area (TPSA) is 35.5 Å². The van der Waals surface area contributed by atoms with Gasteiger partial charge in [-0.3, -0.25) is 4.79 Å². The number of rotatable bonds is 5. The lowest BCUT2D eigenvalue weighted by Gasteiger charge is -2.08. The molecule has 1 aromatic heterocycles. The van der Waals surface area contributed by atoms with Gasteiger partial charge in [0.25, 0.3) is 0 Å². The number of thiophene rings is 1. The molecule has 0 aliphatic carbocycles. The van der Waals surface area contributed by atoms with Crippen LogP contribution in [0.5, 0.6) is 11.5 Å². The number of halogens is 1. The molecule has 2 aromatic rings. The van der Waals surface area contributed by atoms with Gasteiger partial charge in [-0.05, 0) is 12.0 Å². The van der Waals surface area contributed by atoms with Crippen molar-refractivity contribution in [1.82, 2.24) is 0 Å². The molecule has 0 saturated carbocycles. The van der Waals surface area contributed by atoms with E-state index >= 15 is 0 Å². The summed E-state index contributed by atoms with van der Waals surface area (Å²) in [7, 11) is 2.85. The molecule has 0 radical (unpaired) electrons. The zero-order chi connectivity index (χ0) is 14.9. The molecule has 20 heavy (non-hydrogen) atoms. The van der Waals surface area contributed by atoms with Crippen molar-refractivity contribution in [3.8, 4) is 11.5 Å². The first kappa shape index (κ1) is 14.8. The molecule has 0 N–H and O–H groups in total. The summed E-state index contributed by atoms with van der Waals surface area (Å²) in [4.78, 5) is 12.6. The molecule has 2 rings (SSSR count). The van der Waals surface area contributed by atoms with Gasteiger partial charge in [0.2, 0.25) is 0 Å². The van der Waals surface area contributed by atoms with Crippen LogP contribution in [0.25, 0.3) is 10.1 Å². The van der Waals surface area contributed by atoms with Gasteiger partial charge in [0.15, 0.2) is 23.1 Å². The van der Waals surface area contributed by atoms with Crippen molar-refractivity contribution in [1.29, 1.82) is 0 Å². The molecule has 0 saturated heterocycles. The lowest BCUT2D eigenvalue weighted by molar-refractivity contribution is 0.0972. The molecule has 5 heteroatoms. The Kier molecular flexibility index (Phi) is 4.28. The second-order valence-electron chi connectivity index (χ2n) is 4.97. The van der Waals surface area contributed by atoms with E-state index in [1.54, 1.807) is 12.1 Å². The fourth-order valence-electron chi connectivity index (χ4n) is 2.05. The van der Waals surface area contributed by atoms with Crippen LogP contribution in [0, 0.1) is 11.7 Å². The third kappa shape index (κ3) is 2.63. The summed E-state index contributed by atoms with van der Waals surface area (Å²) in [6, 6.07) is 3.30. The molecule has 0 amide bonds. The van der Waals surface area contributed by atoms with Gasteiger partial charge in [-0.2, -0.15) is 0 Å². The summed E-state index contributed by atoms with van der Waals surface area (Å²) in [5.41, 5.74) is 0. The Morgan fingerprint density at radius 1 is 1.30 bits per heavy atom. The van der Waals surface area contributed by atoms with E-state index in [-0.39, 0.29) is 17.5 Å². The van der Waals surface area contributed by atoms with Crippen LogP contribution in [0.15, 0.2) is 12.1 Å². The number of carbonyl (C=O) groups excluding carboxylic acids is 1. The van der Waals surface area contributed by atoms with Gasteiger partial charge in [-0.15, -0.1) is 11.3 Å². The number of ketones is 1. The molecule has 0 unspecified atom stereocenters. The number of Topliss-reactive ketones (excluding diaryl/α,β-unsaturated/α-hetero) is 1. The van der Waals surface area contributed by atoms with Gasteiger partial charge in [0, 0.05) is 22.6 Å². The van der Waals surface area contributed by atoms with E-state index < -0.39 is 5.82 Å². The van der Waals surface area contributed by atoms with Crippen molar-refractivity contribution in [2.24, 2.45) is 5.92 Å². The minimum atomic E-state index is -0.485. The SMILES string of the molecule is COc1cc2sc(C(=O)CC(C)C)cc2c(F)c1OC. The van der Waals surface area contributed by atoms with Crippen molar-refractivity contribution in [3.05, 3.63) is 22.8 Å². The molecule has 0 spiro atoms. The van der Waals surface area contributed by atoms with Gasteiger partial charge in [-0.25, -0.2) is 4.39 Å². The number of carbonyl (C=O) groups is 1. The molecule has 1 heterocycles. The highest BCUT2D eigenvalue weighted by molar-refractivity contribution is 7.20. The first-order chi connectivity index (χ1) is 9.47. The van der Waals surface area contributed by atoms with Crippen LogP contribution in [0.3, 0.4) is 0 Å². The molecular weight excluding hydrogens is 279 g/mol. The monoisotopic (exact) mass is 296 g/mol. The molecule has 0 aliphatic rings. The number of hydrogen-bond acceptors (Lipinski definition) is 4. The van der Waals surface area contributed by atoms with E-state index in [0.29, 0.717) is 27.1 Å². The number of benzene rings is 1. The molecule has 108 valence electrons. The van der Waals surface area contributed by atoms with E-state index in [4.69, 9.17) is 9.47 Å². The average Bonchev–Trinajstić information content (AvgIpc) is 2.82. The Labute approximate surface area is 121 Å². The fourth-order valence-corrected chi connectivity index (χ4v) is 3.08. The Morgan fingerprint density at radius 2 is 2.00 bits per heavy atom. The van der Waals surface area contributed by atoms with Crippen LogP contribution in [-0.4, -0.2) is 20.0 Å². The largest absolute Gasteiger partial charge is 0.493 e. The van der Waals surface area contributed by atoms with Crippen molar-refractivity contribution in [3.63, 3.8) is 0 Å². The maximum Gasteiger partial charge on any atom is 0.197 e. The summed E-state index contributed by atoms with van der Waals surface area (Å²) >= 11 is 1.29. The summed E-state index contributed by atoms with van der Waals surface area (Å²) in [5, 5.41) is 0.403. The lowest BCUT2D eigenvalue weighted by Crippen LogP contribution is -2.00. The van der Waals surface area contributed by atoms with E-state index in [1.807, 2.05) is 13.8 Å². The summed E-state index contributed by atoms with van der Waals surface area (Å²) < 4.78 is 25.2. The summed E-state index contributed by atoms with van der Waals surface area (Å²) in [6.07, 6.45) is 0.461. The molecule has 0 fully saturated rings. The van der Waals surface area contributed by atoms with Crippen molar-refractivity contribution in [2.75, 3.05) is 14.2 Å². The molecule has 0 aliphatic heterocycles. The maximum absolute atomic E-state index is 14.3. The van der Waals surface area contributed by atoms with Gasteiger partial charge in [0.05, 0.1) is 19.1 Å². The second kappa shape index (κ2) is 5.79. The first-order valence-corrected chi connectivity index (χ1v) is 7.16. The van der Waals surface area contributed by atoms with Crippen LogP contribution < -0.4 is 9.47 Å². The van der Waals surface area contributed by atoms with Crippen LogP contribution in [0.1, 0.15) is 29.9 Å². The molecule has 1 aromatic carbocycles. The number of methoxy groups -OCH3 is 2. The highest BCUT2D eigenvalue weighted by Gasteiger charge is 2.19. The van der Waals surface area contributed by atoms with Crippen molar-refractivity contribution in [2.45, 2.75) is 20.3 Å². The molecule has 3 nitrogen and oxygen atoms in total. The van der Waals surface area contributed by atoms with Gasteiger partial charge < -0.3 is 9.47 Å². The summed E-state index contributed by atoms with van der Waals surface area (Å²) in [6.45, 7) is 3.97. The van der Waals surface area contributed by atoms with Gasteiger partial charge in [-0.1, -0.05) is 13.8 Å². The number of hydrogen-bond donors (Lipinski definition) is 0. The molecule has 0 bridgehead atoms. The van der Waals surface area contributed by atoms with Crippen LogP contribution in [0.2, 0.25) is 0 Å². The zero-order valence-electron chi connectivity index (χ0n) is 12.0. The smallest absolute Gasteiger partial charge is 0.197 e. The van der Waals surface area contributed by atoms with E-state index in [1.165, 1.54) is 25.6 Å². The highest BCUT2D eigenvalue weighted by Crippen LogP contribution is 2.40. The van der Waals surface area contributed by atoms with Crippen molar-refractivity contribution < 1.29 is 18.7 Å². The van der Waals surface area contributed by atoms with Crippen molar-refractivity contribution >= 4 is 27.2 Å². The average molecular weight is 296 g/mol. The quantitative estimate of drug-likeness (QED) is 0.772. The Hall–Kier alpha value is -1.62.